The van der Waals surface area contributed by atoms with Crippen LogP contribution in [0.3, 0.4) is 0 Å². The van der Waals surface area contributed by atoms with Crippen molar-refractivity contribution in [3.05, 3.63) is 42.0 Å². The molecule has 1 atom stereocenters. The van der Waals surface area contributed by atoms with E-state index in [1.165, 1.54) is 0 Å². The van der Waals surface area contributed by atoms with E-state index in [1.54, 1.807) is 16.7 Å². The topological polar surface area (TPSA) is 60.9 Å². The first-order valence-corrected chi connectivity index (χ1v) is 9.64. The zero-order valence-corrected chi connectivity index (χ0v) is 15.8. The minimum absolute atomic E-state index is 0.0181. The summed E-state index contributed by atoms with van der Waals surface area (Å²) in [6.45, 7) is 4.32. The molecule has 0 saturated carbocycles. The molecule has 0 N–H and O–H groups in total. The molecule has 6 heteroatoms. The van der Waals surface area contributed by atoms with Crippen LogP contribution in [0.2, 0.25) is 0 Å². The van der Waals surface area contributed by atoms with Gasteiger partial charge in [0.25, 0.3) is 0 Å². The van der Waals surface area contributed by atoms with E-state index < -0.39 is 6.04 Å². The van der Waals surface area contributed by atoms with Gasteiger partial charge >= 0.3 is 0 Å². The van der Waals surface area contributed by atoms with E-state index in [0.29, 0.717) is 32.5 Å². The molecule has 2 saturated heterocycles. The van der Waals surface area contributed by atoms with Gasteiger partial charge in [0.05, 0.1) is 6.54 Å². The molecular weight excluding hydrogens is 342 g/mol. The van der Waals surface area contributed by atoms with Crippen LogP contribution < -0.4 is 0 Å². The molecule has 0 bridgehead atoms. The molecule has 0 radical (unpaired) electrons. The summed E-state index contributed by atoms with van der Waals surface area (Å²) in [6, 6.07) is 9.42. The maximum Gasteiger partial charge on any atom is 0.245 e. The Kier molecular flexibility index (Phi) is 6.27. The minimum atomic E-state index is -0.458. The third-order valence-electron chi connectivity index (χ3n) is 5.22. The lowest BCUT2D eigenvalue weighted by atomic mass is 10.1. The fraction of sp³-hybridized carbons (Fsp3) is 0.476. The second kappa shape index (κ2) is 8.84. The molecule has 144 valence electrons. The van der Waals surface area contributed by atoms with Gasteiger partial charge < -0.3 is 14.7 Å². The van der Waals surface area contributed by atoms with Crippen molar-refractivity contribution in [2.24, 2.45) is 0 Å². The fourth-order valence-electron chi connectivity index (χ4n) is 3.65. The first-order chi connectivity index (χ1) is 13.1. The number of benzene rings is 1. The molecule has 0 spiro atoms. The summed E-state index contributed by atoms with van der Waals surface area (Å²) >= 11 is 0. The van der Waals surface area contributed by atoms with Crippen molar-refractivity contribution < 1.29 is 14.4 Å². The molecule has 2 heterocycles. The zero-order valence-electron chi connectivity index (χ0n) is 15.8. The van der Waals surface area contributed by atoms with Gasteiger partial charge in [0, 0.05) is 32.6 Å². The summed E-state index contributed by atoms with van der Waals surface area (Å²) in [7, 11) is 0. The highest BCUT2D eigenvalue weighted by atomic mass is 16.2. The minimum Gasteiger partial charge on any atom is -0.343 e. The van der Waals surface area contributed by atoms with Crippen LogP contribution >= 0.6 is 0 Å². The third-order valence-corrected chi connectivity index (χ3v) is 5.22. The second-order valence-corrected chi connectivity index (χ2v) is 7.13. The summed E-state index contributed by atoms with van der Waals surface area (Å²) in [4.78, 5) is 41.9. The predicted molar refractivity (Wildman–Crippen MR) is 104 cm³/mol. The molecule has 27 heavy (non-hydrogen) atoms. The van der Waals surface area contributed by atoms with Gasteiger partial charge in [-0.3, -0.25) is 14.4 Å². The van der Waals surface area contributed by atoms with Crippen LogP contribution in [0.4, 0.5) is 0 Å². The molecule has 0 aromatic heterocycles. The van der Waals surface area contributed by atoms with Crippen molar-refractivity contribution in [2.75, 3.05) is 32.7 Å². The van der Waals surface area contributed by atoms with Gasteiger partial charge in [0.2, 0.25) is 17.7 Å². The maximum atomic E-state index is 12.6. The number of nitrogens with zero attached hydrogens (tertiary/aromatic N) is 3. The Balaban J connectivity index is 1.49. The van der Waals surface area contributed by atoms with E-state index in [4.69, 9.17) is 0 Å². The normalized spacial score (nSPS) is 21.0. The van der Waals surface area contributed by atoms with Crippen molar-refractivity contribution in [2.45, 2.75) is 32.2 Å². The van der Waals surface area contributed by atoms with Crippen LogP contribution in [0.5, 0.6) is 0 Å². The van der Waals surface area contributed by atoms with Crippen LogP contribution in [-0.2, 0) is 14.4 Å². The van der Waals surface area contributed by atoms with Gasteiger partial charge in [0.1, 0.15) is 6.04 Å². The lowest BCUT2D eigenvalue weighted by molar-refractivity contribution is -0.154. The highest BCUT2D eigenvalue weighted by Gasteiger charge is 2.35. The number of hydrogen-bond acceptors (Lipinski definition) is 3. The van der Waals surface area contributed by atoms with E-state index in [0.717, 1.165) is 18.5 Å². The number of carbonyl (C=O) groups excluding carboxylic acids is 3. The van der Waals surface area contributed by atoms with Crippen molar-refractivity contribution >= 4 is 23.8 Å². The molecular formula is C21H27N3O3. The van der Waals surface area contributed by atoms with E-state index in [-0.39, 0.29) is 24.3 Å². The number of carbonyl (C=O) groups is 3. The quantitative estimate of drug-likeness (QED) is 0.736. The number of piperazine rings is 1. The molecule has 0 aliphatic carbocycles. The van der Waals surface area contributed by atoms with Crippen LogP contribution in [-0.4, -0.2) is 71.2 Å². The van der Waals surface area contributed by atoms with Crippen molar-refractivity contribution in [1.29, 1.82) is 0 Å². The van der Waals surface area contributed by atoms with E-state index >= 15 is 0 Å². The second-order valence-electron chi connectivity index (χ2n) is 7.13. The van der Waals surface area contributed by atoms with Crippen molar-refractivity contribution in [3.63, 3.8) is 0 Å². The van der Waals surface area contributed by atoms with Crippen molar-refractivity contribution in [3.8, 4) is 0 Å². The van der Waals surface area contributed by atoms with Crippen LogP contribution in [0.1, 0.15) is 31.7 Å². The first kappa shape index (κ1) is 19.1. The lowest BCUT2D eigenvalue weighted by Crippen LogP contribution is -2.59. The summed E-state index contributed by atoms with van der Waals surface area (Å²) in [6.07, 6.45) is 6.15. The average molecular weight is 369 g/mol. The number of likely N-dealkylation sites (tertiary alicyclic amines) is 1. The van der Waals surface area contributed by atoms with Crippen LogP contribution in [0.15, 0.2) is 36.4 Å². The number of amides is 3. The monoisotopic (exact) mass is 369 g/mol. The molecule has 2 fully saturated rings. The molecule has 3 rings (SSSR count). The number of hydrogen-bond donors (Lipinski definition) is 0. The fourth-order valence-corrected chi connectivity index (χ4v) is 3.65. The lowest BCUT2D eigenvalue weighted by Gasteiger charge is -2.38. The predicted octanol–water partition coefficient (Wildman–Crippen LogP) is 1.77. The summed E-state index contributed by atoms with van der Waals surface area (Å²) in [5.41, 5.74) is 1.07. The standard InChI is InChI=1S/C21H27N3O3/c1-17-21(27)23(14-7-13-22-12-6-11-19(22)25)16-20(26)24(17)15-5-10-18-8-3-2-4-9-18/h2-5,8-10,17H,6-7,11-16H2,1H3/b10-5+/t17-/m0/s1. The SMILES string of the molecule is C[C@H]1C(=O)N(CCCN2CCCC2=O)CC(=O)N1C/C=C/c1ccccc1. The summed E-state index contributed by atoms with van der Waals surface area (Å²) in [5, 5.41) is 0. The number of rotatable bonds is 7. The zero-order chi connectivity index (χ0) is 19.2. The van der Waals surface area contributed by atoms with E-state index in [9.17, 15) is 14.4 Å². The van der Waals surface area contributed by atoms with Gasteiger partial charge in [-0.05, 0) is 25.3 Å². The average Bonchev–Trinajstić information content (AvgIpc) is 3.08. The van der Waals surface area contributed by atoms with Gasteiger partial charge in [-0.25, -0.2) is 0 Å². The maximum absolute atomic E-state index is 12.6. The van der Waals surface area contributed by atoms with Gasteiger partial charge in [-0.2, -0.15) is 0 Å². The Bertz CT molecular complexity index is 717. The highest BCUT2D eigenvalue weighted by Crippen LogP contribution is 2.15. The Morgan fingerprint density at radius 1 is 1.04 bits per heavy atom. The Labute approximate surface area is 160 Å². The molecule has 1 aromatic rings. The van der Waals surface area contributed by atoms with Crippen LogP contribution in [0.25, 0.3) is 6.08 Å². The molecule has 3 amide bonds. The molecule has 6 nitrogen and oxygen atoms in total. The van der Waals surface area contributed by atoms with Crippen LogP contribution in [0, 0.1) is 0 Å². The van der Waals surface area contributed by atoms with E-state index in [2.05, 4.69) is 0 Å². The molecule has 1 aromatic carbocycles. The van der Waals surface area contributed by atoms with Gasteiger partial charge in [-0.15, -0.1) is 0 Å². The Morgan fingerprint density at radius 3 is 2.48 bits per heavy atom. The Hall–Kier alpha value is -2.63. The largest absolute Gasteiger partial charge is 0.343 e. The Morgan fingerprint density at radius 2 is 1.78 bits per heavy atom. The van der Waals surface area contributed by atoms with Gasteiger partial charge in [-0.1, -0.05) is 42.5 Å². The summed E-state index contributed by atoms with van der Waals surface area (Å²) in [5.74, 6) is 0.147. The first-order valence-electron chi connectivity index (χ1n) is 9.64. The van der Waals surface area contributed by atoms with Crippen molar-refractivity contribution in [1.82, 2.24) is 14.7 Å². The van der Waals surface area contributed by atoms with E-state index in [1.807, 2.05) is 47.4 Å². The van der Waals surface area contributed by atoms with Gasteiger partial charge in [0.15, 0.2) is 0 Å². The molecule has 2 aliphatic rings. The third kappa shape index (κ3) is 4.76. The molecule has 2 aliphatic heterocycles. The smallest absolute Gasteiger partial charge is 0.245 e. The summed E-state index contributed by atoms with van der Waals surface area (Å²) < 4.78 is 0. The highest BCUT2D eigenvalue weighted by molar-refractivity contribution is 5.94. The molecule has 0 unspecified atom stereocenters.